The third-order valence-corrected chi connectivity index (χ3v) is 3.03. The summed E-state index contributed by atoms with van der Waals surface area (Å²) in [5.74, 6) is 0.872. The maximum atomic E-state index is 5.11. The number of rotatable bonds is 4. The van der Waals surface area contributed by atoms with Crippen LogP contribution < -0.4 is 10.1 Å². The highest BCUT2D eigenvalue weighted by Crippen LogP contribution is 2.19. The Labute approximate surface area is 109 Å². The third-order valence-electron chi connectivity index (χ3n) is 2.40. The molecule has 0 radical (unpaired) electrons. The van der Waals surface area contributed by atoms with Crippen LogP contribution in [-0.2, 0) is 6.54 Å². The number of methoxy groups -OCH3 is 1. The van der Waals surface area contributed by atoms with Crippen molar-refractivity contribution in [1.82, 2.24) is 4.98 Å². The summed E-state index contributed by atoms with van der Waals surface area (Å²) in [5.41, 5.74) is 2.19. The first kappa shape index (κ1) is 11.9. The van der Waals surface area contributed by atoms with Crippen LogP contribution in [0.1, 0.15) is 5.56 Å². The minimum Gasteiger partial charge on any atom is -0.497 e. The van der Waals surface area contributed by atoms with E-state index in [0.29, 0.717) is 0 Å². The SMILES string of the molecule is COc1ccc(CNc2cccnc2Br)cc1. The first-order chi connectivity index (χ1) is 8.29. The van der Waals surface area contributed by atoms with Crippen molar-refractivity contribution in [3.63, 3.8) is 0 Å². The summed E-state index contributed by atoms with van der Waals surface area (Å²) in [4.78, 5) is 4.15. The third kappa shape index (κ3) is 3.20. The number of halogens is 1. The number of aromatic nitrogens is 1. The van der Waals surface area contributed by atoms with E-state index in [4.69, 9.17) is 4.74 Å². The number of nitrogens with one attached hydrogen (secondary N) is 1. The number of pyridine rings is 1. The molecule has 1 aromatic carbocycles. The van der Waals surface area contributed by atoms with Crippen molar-refractivity contribution in [2.75, 3.05) is 12.4 Å². The van der Waals surface area contributed by atoms with E-state index in [0.717, 1.165) is 22.6 Å². The molecule has 0 bridgehead atoms. The molecule has 4 heteroatoms. The highest BCUT2D eigenvalue weighted by Gasteiger charge is 1.99. The van der Waals surface area contributed by atoms with Gasteiger partial charge in [-0.1, -0.05) is 12.1 Å². The van der Waals surface area contributed by atoms with Gasteiger partial charge in [0.15, 0.2) is 0 Å². The van der Waals surface area contributed by atoms with Crippen LogP contribution >= 0.6 is 15.9 Å². The summed E-state index contributed by atoms with van der Waals surface area (Å²) >= 11 is 3.40. The van der Waals surface area contributed by atoms with Crippen LogP contribution in [0.5, 0.6) is 5.75 Å². The van der Waals surface area contributed by atoms with E-state index >= 15 is 0 Å². The largest absolute Gasteiger partial charge is 0.497 e. The molecular formula is C13H13BrN2O. The molecule has 1 heterocycles. The molecule has 0 saturated heterocycles. The van der Waals surface area contributed by atoms with Gasteiger partial charge in [-0.25, -0.2) is 4.98 Å². The molecule has 3 nitrogen and oxygen atoms in total. The van der Waals surface area contributed by atoms with E-state index < -0.39 is 0 Å². The molecule has 0 amide bonds. The van der Waals surface area contributed by atoms with Crippen molar-refractivity contribution < 1.29 is 4.74 Å². The Morgan fingerprint density at radius 2 is 2.00 bits per heavy atom. The molecule has 0 fully saturated rings. The zero-order valence-electron chi connectivity index (χ0n) is 9.48. The first-order valence-corrected chi connectivity index (χ1v) is 6.06. The lowest BCUT2D eigenvalue weighted by Crippen LogP contribution is -2.00. The minimum absolute atomic E-state index is 0.758. The molecule has 1 N–H and O–H groups in total. The fourth-order valence-corrected chi connectivity index (χ4v) is 1.85. The van der Waals surface area contributed by atoms with Gasteiger partial charge in [-0.15, -0.1) is 0 Å². The van der Waals surface area contributed by atoms with Crippen LogP contribution in [0, 0.1) is 0 Å². The summed E-state index contributed by atoms with van der Waals surface area (Å²) in [6.45, 7) is 0.758. The van der Waals surface area contributed by atoms with Gasteiger partial charge in [0.2, 0.25) is 0 Å². The van der Waals surface area contributed by atoms with Crippen molar-refractivity contribution >= 4 is 21.6 Å². The molecule has 0 aliphatic carbocycles. The van der Waals surface area contributed by atoms with E-state index in [-0.39, 0.29) is 0 Å². The average Bonchev–Trinajstić information content (AvgIpc) is 2.38. The number of hydrogen-bond donors (Lipinski definition) is 1. The molecule has 0 saturated carbocycles. The number of ether oxygens (including phenoxy) is 1. The van der Waals surface area contributed by atoms with Gasteiger partial charge in [0.25, 0.3) is 0 Å². The van der Waals surface area contributed by atoms with Gasteiger partial charge in [-0.2, -0.15) is 0 Å². The lowest BCUT2D eigenvalue weighted by atomic mass is 10.2. The molecule has 0 unspecified atom stereocenters. The van der Waals surface area contributed by atoms with Crippen molar-refractivity contribution in [3.05, 3.63) is 52.8 Å². The standard InChI is InChI=1S/C13H13BrN2O/c1-17-11-6-4-10(5-7-11)9-16-12-3-2-8-15-13(12)14/h2-8,16H,9H2,1H3. The van der Waals surface area contributed by atoms with E-state index in [2.05, 4.69) is 26.2 Å². The lowest BCUT2D eigenvalue weighted by molar-refractivity contribution is 0.414. The summed E-state index contributed by atoms with van der Waals surface area (Å²) in [5, 5.41) is 3.32. The van der Waals surface area contributed by atoms with Gasteiger partial charge in [-0.3, -0.25) is 0 Å². The normalized spacial score (nSPS) is 10.0. The highest BCUT2D eigenvalue weighted by molar-refractivity contribution is 9.10. The molecule has 2 rings (SSSR count). The predicted octanol–water partition coefficient (Wildman–Crippen LogP) is 3.46. The molecule has 88 valence electrons. The molecule has 0 spiro atoms. The van der Waals surface area contributed by atoms with Gasteiger partial charge in [-0.05, 0) is 45.8 Å². The van der Waals surface area contributed by atoms with Crippen LogP contribution in [-0.4, -0.2) is 12.1 Å². The number of anilines is 1. The van der Waals surface area contributed by atoms with Crippen molar-refractivity contribution in [3.8, 4) is 5.75 Å². The van der Waals surface area contributed by atoms with Gasteiger partial charge in [0, 0.05) is 12.7 Å². The molecular weight excluding hydrogens is 280 g/mol. The zero-order chi connectivity index (χ0) is 12.1. The molecule has 1 aromatic heterocycles. The number of benzene rings is 1. The second-order valence-corrected chi connectivity index (χ2v) is 4.29. The Kier molecular flexibility index (Phi) is 3.98. The number of hydrogen-bond acceptors (Lipinski definition) is 3. The smallest absolute Gasteiger partial charge is 0.129 e. The maximum absolute atomic E-state index is 5.11. The van der Waals surface area contributed by atoms with E-state index in [1.54, 1.807) is 13.3 Å². The van der Waals surface area contributed by atoms with E-state index in [1.165, 1.54) is 5.56 Å². The van der Waals surface area contributed by atoms with E-state index in [9.17, 15) is 0 Å². The van der Waals surface area contributed by atoms with Crippen LogP contribution in [0.25, 0.3) is 0 Å². The lowest BCUT2D eigenvalue weighted by Gasteiger charge is -2.08. The average molecular weight is 293 g/mol. The fourth-order valence-electron chi connectivity index (χ4n) is 1.46. The molecule has 0 atom stereocenters. The Bertz CT molecular complexity index is 485. The van der Waals surface area contributed by atoms with Crippen molar-refractivity contribution in [2.24, 2.45) is 0 Å². The predicted molar refractivity (Wildman–Crippen MR) is 72.3 cm³/mol. The Hall–Kier alpha value is -1.55. The van der Waals surface area contributed by atoms with Crippen molar-refractivity contribution in [1.29, 1.82) is 0 Å². The van der Waals surface area contributed by atoms with Gasteiger partial charge < -0.3 is 10.1 Å². The Morgan fingerprint density at radius 3 is 2.65 bits per heavy atom. The first-order valence-electron chi connectivity index (χ1n) is 5.27. The summed E-state index contributed by atoms with van der Waals surface area (Å²) in [7, 11) is 1.67. The Balaban J connectivity index is 2.00. The second kappa shape index (κ2) is 5.68. The number of nitrogens with zero attached hydrogens (tertiary/aromatic N) is 1. The summed E-state index contributed by atoms with van der Waals surface area (Å²) < 4.78 is 5.94. The Morgan fingerprint density at radius 1 is 1.24 bits per heavy atom. The molecule has 0 aliphatic rings. The van der Waals surface area contributed by atoms with Gasteiger partial charge >= 0.3 is 0 Å². The van der Waals surface area contributed by atoms with Crippen LogP contribution in [0.2, 0.25) is 0 Å². The second-order valence-electron chi connectivity index (χ2n) is 3.54. The zero-order valence-corrected chi connectivity index (χ0v) is 11.1. The van der Waals surface area contributed by atoms with Gasteiger partial charge in [0.05, 0.1) is 12.8 Å². The quantitative estimate of drug-likeness (QED) is 0.877. The van der Waals surface area contributed by atoms with E-state index in [1.807, 2.05) is 36.4 Å². The van der Waals surface area contributed by atoms with Crippen LogP contribution in [0.3, 0.4) is 0 Å². The maximum Gasteiger partial charge on any atom is 0.129 e. The minimum atomic E-state index is 0.758. The highest BCUT2D eigenvalue weighted by atomic mass is 79.9. The monoisotopic (exact) mass is 292 g/mol. The molecule has 17 heavy (non-hydrogen) atoms. The summed E-state index contributed by atoms with van der Waals surface area (Å²) in [6.07, 6.45) is 1.75. The van der Waals surface area contributed by atoms with Crippen molar-refractivity contribution in [2.45, 2.75) is 6.54 Å². The van der Waals surface area contributed by atoms with Crippen LogP contribution in [0.15, 0.2) is 47.2 Å². The topological polar surface area (TPSA) is 34.1 Å². The molecule has 2 aromatic rings. The fraction of sp³-hybridized carbons (Fsp3) is 0.154. The molecule has 0 aliphatic heterocycles. The van der Waals surface area contributed by atoms with Gasteiger partial charge in [0.1, 0.15) is 10.4 Å². The summed E-state index contributed by atoms with van der Waals surface area (Å²) in [6, 6.07) is 11.9. The van der Waals surface area contributed by atoms with Crippen LogP contribution in [0.4, 0.5) is 5.69 Å².